The number of methoxy groups -OCH3 is 1. The van der Waals surface area contributed by atoms with Crippen LogP contribution in [0.1, 0.15) is 23.2 Å². The second-order valence-corrected chi connectivity index (χ2v) is 11.3. The zero-order valence-corrected chi connectivity index (χ0v) is 21.9. The van der Waals surface area contributed by atoms with Crippen LogP contribution in [0, 0.1) is 0 Å². The minimum Gasteiger partial charge on any atom is -0.447 e. The number of piperazine rings is 2. The third-order valence-corrected chi connectivity index (χ3v) is 9.19. The number of rotatable bonds is 7. The molecule has 3 amide bonds. The monoisotopic (exact) mass is 559 g/mol. The first-order valence-corrected chi connectivity index (χ1v) is 13.7. The number of fused-ring (bicyclic) bond motifs is 2. The minimum atomic E-state index is -4.16. The van der Waals surface area contributed by atoms with E-state index in [0.29, 0.717) is 23.4 Å². The third kappa shape index (κ3) is 5.54. The summed E-state index contributed by atoms with van der Waals surface area (Å²) in [7, 11) is -2.70. The first kappa shape index (κ1) is 27.5. The minimum absolute atomic E-state index is 0.0170. The number of hydroxylamine groups is 1. The number of carbonyl (C=O) groups excluding carboxylic acids is 3. The van der Waals surface area contributed by atoms with Crippen LogP contribution in [0.2, 0.25) is 5.02 Å². The van der Waals surface area contributed by atoms with E-state index >= 15 is 0 Å². The van der Waals surface area contributed by atoms with Gasteiger partial charge in [-0.15, -0.1) is 0 Å². The Labute approximate surface area is 220 Å². The van der Waals surface area contributed by atoms with Crippen molar-refractivity contribution in [3.05, 3.63) is 34.9 Å². The van der Waals surface area contributed by atoms with E-state index in [2.05, 4.69) is 0 Å². The topological polar surface area (TPSA) is 149 Å². The molecule has 3 aliphatic rings. The van der Waals surface area contributed by atoms with Gasteiger partial charge in [0.2, 0.25) is 0 Å². The summed E-state index contributed by atoms with van der Waals surface area (Å²) in [6.45, 7) is 0.478. The van der Waals surface area contributed by atoms with Crippen LogP contribution in [0.15, 0.2) is 24.3 Å². The van der Waals surface area contributed by atoms with Crippen LogP contribution in [0.5, 0.6) is 0 Å². The summed E-state index contributed by atoms with van der Waals surface area (Å²) in [4.78, 5) is 41.2. The van der Waals surface area contributed by atoms with Gasteiger partial charge in [0.05, 0.1) is 12.6 Å². The number of amides is 3. The Morgan fingerprint density at radius 1 is 1.08 bits per heavy atom. The molecule has 4 rings (SSSR count). The van der Waals surface area contributed by atoms with Crippen molar-refractivity contribution in [1.29, 1.82) is 0 Å². The van der Waals surface area contributed by atoms with E-state index in [9.17, 15) is 28.0 Å². The number of nitrogens with zero attached hydrogens (tertiary/aromatic N) is 4. The van der Waals surface area contributed by atoms with Gasteiger partial charge in [-0.05, 0) is 37.1 Å². The van der Waals surface area contributed by atoms with Gasteiger partial charge in [-0.25, -0.2) is 10.3 Å². The van der Waals surface area contributed by atoms with Crippen LogP contribution in [0.4, 0.5) is 4.79 Å². The molecule has 204 valence electrons. The van der Waals surface area contributed by atoms with Gasteiger partial charge >= 0.3 is 6.09 Å². The van der Waals surface area contributed by atoms with Gasteiger partial charge in [-0.2, -0.15) is 17.0 Å². The fraction of sp³-hybridized carbons (Fsp3) is 0.591. The lowest BCUT2D eigenvalue weighted by Gasteiger charge is -2.46. The molecule has 0 spiro atoms. The highest BCUT2D eigenvalue weighted by Crippen LogP contribution is 2.37. The van der Waals surface area contributed by atoms with Gasteiger partial charge in [0.1, 0.15) is 12.6 Å². The highest BCUT2D eigenvalue weighted by molar-refractivity contribution is 7.86. The zero-order valence-electron chi connectivity index (χ0n) is 20.3. The molecule has 15 heteroatoms. The maximum Gasteiger partial charge on any atom is 0.410 e. The molecule has 2 N–H and O–H groups in total. The zero-order chi connectivity index (χ0) is 26.7. The summed E-state index contributed by atoms with van der Waals surface area (Å²) in [5, 5.41) is 9.89. The molecule has 0 saturated carbocycles. The summed E-state index contributed by atoms with van der Waals surface area (Å²) in [6, 6.07) is 3.83. The van der Waals surface area contributed by atoms with Crippen molar-refractivity contribution in [3.63, 3.8) is 0 Å². The predicted octanol–water partition coefficient (Wildman–Crippen LogP) is 0.148. The maximum atomic E-state index is 13.7. The SMILES string of the molecule is COCCOC(=O)N1[C@@H]2CC[C@H]1[C@H](C(=O)NO)N(S(=O)(=O)N1CCN(C(=O)c3ccc(Cl)cc3)CC1)C2. The quantitative estimate of drug-likeness (QED) is 0.272. The lowest BCUT2D eigenvalue weighted by Crippen LogP contribution is -2.68. The molecule has 0 aromatic heterocycles. The van der Waals surface area contributed by atoms with Gasteiger partial charge in [0.15, 0.2) is 0 Å². The van der Waals surface area contributed by atoms with E-state index < -0.39 is 40.3 Å². The Bertz CT molecular complexity index is 1110. The van der Waals surface area contributed by atoms with Gasteiger partial charge in [-0.1, -0.05) is 11.6 Å². The number of ether oxygens (including phenoxy) is 2. The van der Waals surface area contributed by atoms with Crippen LogP contribution in [0.3, 0.4) is 0 Å². The molecule has 3 aliphatic heterocycles. The van der Waals surface area contributed by atoms with E-state index in [1.54, 1.807) is 34.6 Å². The van der Waals surface area contributed by atoms with E-state index in [0.717, 1.165) is 4.31 Å². The molecular formula is C22H30ClN5O8S. The van der Waals surface area contributed by atoms with Crippen molar-refractivity contribution < 1.29 is 37.5 Å². The van der Waals surface area contributed by atoms with Crippen molar-refractivity contribution in [2.75, 3.05) is 53.0 Å². The van der Waals surface area contributed by atoms with Gasteiger partial charge in [0.25, 0.3) is 22.0 Å². The molecule has 3 fully saturated rings. The lowest BCUT2D eigenvalue weighted by molar-refractivity contribution is -0.136. The molecule has 1 aromatic carbocycles. The van der Waals surface area contributed by atoms with Gasteiger partial charge in [0, 0.05) is 56.5 Å². The van der Waals surface area contributed by atoms with Crippen molar-refractivity contribution >= 4 is 39.7 Å². The fourth-order valence-electron chi connectivity index (χ4n) is 5.14. The summed E-state index contributed by atoms with van der Waals surface area (Å²) in [5.41, 5.74) is 2.00. The molecule has 13 nitrogen and oxygen atoms in total. The molecule has 3 heterocycles. The van der Waals surface area contributed by atoms with E-state index in [1.807, 2.05) is 0 Å². The smallest absolute Gasteiger partial charge is 0.410 e. The summed E-state index contributed by atoms with van der Waals surface area (Å²) in [5.74, 6) is -1.16. The van der Waals surface area contributed by atoms with Gasteiger partial charge < -0.3 is 14.4 Å². The second kappa shape index (κ2) is 11.5. The number of hydrogen-bond donors (Lipinski definition) is 2. The highest BCUT2D eigenvalue weighted by Gasteiger charge is 2.56. The normalized spacial score (nSPS) is 24.7. The van der Waals surface area contributed by atoms with Crippen molar-refractivity contribution in [3.8, 4) is 0 Å². The van der Waals surface area contributed by atoms with Crippen molar-refractivity contribution in [1.82, 2.24) is 23.9 Å². The predicted molar refractivity (Wildman–Crippen MR) is 130 cm³/mol. The summed E-state index contributed by atoms with van der Waals surface area (Å²) >= 11 is 5.89. The second-order valence-electron chi connectivity index (χ2n) is 9.01. The molecule has 0 radical (unpaired) electrons. The standard InChI is InChI=1S/C22H30ClN5O8S/c1-35-12-13-36-22(31)28-17-6-7-18(28)19(20(29)24-32)27(14-17)37(33,34)26-10-8-25(9-11-26)21(30)15-2-4-16(23)5-3-15/h2-5,17-19,32H,6-14H2,1H3,(H,24,29)/t17-,18+,19-/m1/s1. The molecule has 1 aromatic rings. The lowest BCUT2D eigenvalue weighted by atomic mass is 10.1. The Morgan fingerprint density at radius 2 is 1.76 bits per heavy atom. The van der Waals surface area contributed by atoms with Crippen LogP contribution in [-0.2, 0) is 24.5 Å². The largest absolute Gasteiger partial charge is 0.447 e. The average Bonchev–Trinajstić information content (AvgIpc) is 3.21. The Kier molecular flexibility index (Phi) is 8.56. The number of hydrogen-bond acceptors (Lipinski definition) is 8. The average molecular weight is 560 g/mol. The van der Waals surface area contributed by atoms with Crippen molar-refractivity contribution in [2.45, 2.75) is 31.0 Å². The first-order valence-electron chi connectivity index (χ1n) is 11.9. The van der Waals surface area contributed by atoms with Crippen LogP contribution in [0.25, 0.3) is 0 Å². The van der Waals surface area contributed by atoms with Gasteiger partial charge in [-0.3, -0.25) is 19.7 Å². The van der Waals surface area contributed by atoms with Crippen LogP contribution >= 0.6 is 11.6 Å². The fourth-order valence-corrected chi connectivity index (χ4v) is 7.07. The highest BCUT2D eigenvalue weighted by atomic mass is 35.5. The Balaban J connectivity index is 1.47. The maximum absolute atomic E-state index is 13.7. The molecule has 2 bridgehead atoms. The number of carbonyl (C=O) groups is 3. The number of nitrogens with one attached hydrogen (secondary N) is 1. The number of halogens is 1. The van der Waals surface area contributed by atoms with Crippen molar-refractivity contribution in [2.24, 2.45) is 0 Å². The Hall–Kier alpha value is -2.49. The van der Waals surface area contributed by atoms with E-state index in [4.69, 9.17) is 21.1 Å². The van der Waals surface area contributed by atoms with Crippen LogP contribution < -0.4 is 5.48 Å². The molecule has 3 saturated heterocycles. The summed E-state index contributed by atoms with van der Waals surface area (Å²) < 4.78 is 39.8. The van der Waals surface area contributed by atoms with E-state index in [1.165, 1.54) is 16.3 Å². The molecule has 0 aliphatic carbocycles. The molecular weight excluding hydrogens is 530 g/mol. The third-order valence-electron chi connectivity index (χ3n) is 6.95. The van der Waals surface area contributed by atoms with Crippen LogP contribution in [-0.4, -0.2) is 121 Å². The molecule has 37 heavy (non-hydrogen) atoms. The summed E-state index contributed by atoms with van der Waals surface area (Å²) in [6.07, 6.45) is 0.193. The van der Waals surface area contributed by atoms with E-state index in [-0.39, 0.29) is 51.8 Å². The first-order chi connectivity index (χ1) is 17.7. The number of benzene rings is 1. The Morgan fingerprint density at radius 3 is 2.38 bits per heavy atom. The molecule has 0 unspecified atom stereocenters. The molecule has 3 atom stereocenters.